The number of likely N-dealkylation sites (tertiary alicyclic amines) is 1. The van der Waals surface area contributed by atoms with Crippen molar-refractivity contribution in [2.24, 2.45) is 0 Å². The smallest absolute Gasteiger partial charge is 0.164 e. The number of nitrogens with two attached hydrogens (primary N) is 1. The van der Waals surface area contributed by atoms with Crippen molar-refractivity contribution in [2.75, 3.05) is 32.5 Å². The zero-order valence-electron chi connectivity index (χ0n) is 17.9. The number of nitrogens with zero attached hydrogens (tertiary/aromatic N) is 5. The standard InChI is InChI=1S/C21H26ClFN6O2/c1-10(30)6-28-7-13(8-28)17-18(23)15(22)5-14(19(17)31-4)12(3)29-21-16(11(2)27-29)20(24)25-9-26-21/h5,9-10,12-13,30H,6-8H2,1-4H3,(H2,24,25,26). The Morgan fingerprint density at radius 2 is 2.06 bits per heavy atom. The van der Waals surface area contributed by atoms with Gasteiger partial charge in [0.1, 0.15) is 23.7 Å². The van der Waals surface area contributed by atoms with E-state index in [1.165, 1.54) is 13.4 Å². The number of ether oxygens (including phenoxy) is 1. The number of fused-ring (bicyclic) bond motifs is 1. The van der Waals surface area contributed by atoms with Crippen LogP contribution in [0.15, 0.2) is 12.4 Å². The van der Waals surface area contributed by atoms with Gasteiger partial charge in [-0.05, 0) is 26.8 Å². The number of rotatable bonds is 6. The summed E-state index contributed by atoms with van der Waals surface area (Å²) in [5.41, 5.74) is 8.49. The molecule has 10 heteroatoms. The van der Waals surface area contributed by atoms with Crippen molar-refractivity contribution in [1.82, 2.24) is 24.6 Å². The fourth-order valence-corrected chi connectivity index (χ4v) is 4.62. The zero-order valence-corrected chi connectivity index (χ0v) is 18.7. The summed E-state index contributed by atoms with van der Waals surface area (Å²) in [7, 11) is 1.53. The number of hydrogen-bond donors (Lipinski definition) is 2. The highest BCUT2D eigenvalue weighted by Crippen LogP contribution is 2.43. The fourth-order valence-electron chi connectivity index (χ4n) is 4.40. The van der Waals surface area contributed by atoms with E-state index in [1.54, 1.807) is 17.7 Å². The third-order valence-electron chi connectivity index (χ3n) is 5.84. The predicted octanol–water partition coefficient (Wildman–Crippen LogP) is 2.91. The van der Waals surface area contributed by atoms with Crippen LogP contribution in [-0.2, 0) is 0 Å². The van der Waals surface area contributed by atoms with Crippen LogP contribution in [0.5, 0.6) is 5.75 Å². The lowest BCUT2D eigenvalue weighted by atomic mass is 9.87. The zero-order chi connectivity index (χ0) is 22.4. The maximum absolute atomic E-state index is 15.1. The monoisotopic (exact) mass is 448 g/mol. The first-order chi connectivity index (χ1) is 14.7. The van der Waals surface area contributed by atoms with Crippen LogP contribution in [0.25, 0.3) is 11.0 Å². The number of β-amino-alcohol motifs (C(OH)–C–C–N with tert-alkyl or cyclic N) is 1. The van der Waals surface area contributed by atoms with E-state index in [0.29, 0.717) is 59.1 Å². The second-order valence-corrected chi connectivity index (χ2v) is 8.54. The van der Waals surface area contributed by atoms with Crippen molar-refractivity contribution >= 4 is 28.5 Å². The number of hydrogen-bond acceptors (Lipinski definition) is 7. The quantitative estimate of drug-likeness (QED) is 0.597. The molecule has 2 aromatic heterocycles. The summed E-state index contributed by atoms with van der Waals surface area (Å²) < 4.78 is 22.6. The van der Waals surface area contributed by atoms with Gasteiger partial charge in [-0.1, -0.05) is 11.6 Å². The molecule has 0 bridgehead atoms. The average molecular weight is 449 g/mol. The van der Waals surface area contributed by atoms with Gasteiger partial charge in [0.25, 0.3) is 0 Å². The molecule has 31 heavy (non-hydrogen) atoms. The van der Waals surface area contributed by atoms with Gasteiger partial charge in [0.2, 0.25) is 0 Å². The first-order valence-electron chi connectivity index (χ1n) is 10.1. The minimum atomic E-state index is -0.468. The number of benzene rings is 1. The molecule has 1 fully saturated rings. The Balaban J connectivity index is 1.78. The van der Waals surface area contributed by atoms with Gasteiger partial charge in [-0.15, -0.1) is 0 Å². The first-order valence-corrected chi connectivity index (χ1v) is 10.5. The number of aromatic nitrogens is 4. The summed E-state index contributed by atoms with van der Waals surface area (Å²) >= 11 is 6.31. The third-order valence-corrected chi connectivity index (χ3v) is 6.11. The molecule has 2 unspecified atom stereocenters. The summed E-state index contributed by atoms with van der Waals surface area (Å²) in [6.45, 7) is 7.31. The average Bonchev–Trinajstić information content (AvgIpc) is 3.03. The van der Waals surface area contributed by atoms with E-state index in [4.69, 9.17) is 22.1 Å². The Labute approximate surface area is 184 Å². The molecule has 4 rings (SSSR count). The number of methoxy groups -OCH3 is 1. The molecular weight excluding hydrogens is 423 g/mol. The molecule has 1 aliphatic rings. The Morgan fingerprint density at radius 3 is 2.71 bits per heavy atom. The van der Waals surface area contributed by atoms with E-state index >= 15 is 4.39 Å². The number of halogens is 2. The molecule has 0 aliphatic carbocycles. The molecule has 8 nitrogen and oxygen atoms in total. The second kappa shape index (κ2) is 8.22. The van der Waals surface area contributed by atoms with E-state index in [1.807, 2.05) is 13.8 Å². The van der Waals surface area contributed by atoms with Crippen molar-refractivity contribution in [2.45, 2.75) is 38.8 Å². The number of aliphatic hydroxyl groups excluding tert-OH is 1. The number of aliphatic hydroxyl groups is 1. The predicted molar refractivity (Wildman–Crippen MR) is 117 cm³/mol. The maximum atomic E-state index is 15.1. The molecule has 1 aliphatic heterocycles. The summed E-state index contributed by atoms with van der Waals surface area (Å²) in [6, 6.07) is 1.25. The van der Waals surface area contributed by atoms with Crippen molar-refractivity contribution < 1.29 is 14.2 Å². The normalized spacial score (nSPS) is 17.0. The molecule has 0 spiro atoms. The van der Waals surface area contributed by atoms with Crippen LogP contribution in [0.2, 0.25) is 5.02 Å². The molecule has 1 aromatic carbocycles. The third kappa shape index (κ3) is 3.71. The van der Waals surface area contributed by atoms with Crippen LogP contribution in [-0.4, -0.2) is 62.6 Å². The van der Waals surface area contributed by atoms with Crippen LogP contribution in [0.4, 0.5) is 10.2 Å². The van der Waals surface area contributed by atoms with Crippen LogP contribution in [0, 0.1) is 12.7 Å². The van der Waals surface area contributed by atoms with Crippen LogP contribution in [0.3, 0.4) is 0 Å². The van der Waals surface area contributed by atoms with Gasteiger partial charge >= 0.3 is 0 Å². The maximum Gasteiger partial charge on any atom is 0.164 e. The Bertz CT molecular complexity index is 1130. The highest BCUT2D eigenvalue weighted by Gasteiger charge is 2.36. The highest BCUT2D eigenvalue weighted by atomic mass is 35.5. The molecule has 2 atom stereocenters. The molecule has 3 N–H and O–H groups in total. The first kappa shape index (κ1) is 21.7. The van der Waals surface area contributed by atoms with E-state index in [0.717, 1.165) is 0 Å². The van der Waals surface area contributed by atoms with E-state index < -0.39 is 11.9 Å². The van der Waals surface area contributed by atoms with E-state index in [2.05, 4.69) is 20.0 Å². The van der Waals surface area contributed by atoms with Gasteiger partial charge in [-0.3, -0.25) is 4.90 Å². The Morgan fingerprint density at radius 1 is 1.35 bits per heavy atom. The van der Waals surface area contributed by atoms with Gasteiger partial charge in [0.15, 0.2) is 5.65 Å². The van der Waals surface area contributed by atoms with Crippen LogP contribution >= 0.6 is 11.6 Å². The van der Waals surface area contributed by atoms with Gasteiger partial charge in [-0.2, -0.15) is 5.10 Å². The second-order valence-electron chi connectivity index (χ2n) is 8.14. The lowest BCUT2D eigenvalue weighted by molar-refractivity contribution is 0.0723. The van der Waals surface area contributed by atoms with E-state index in [9.17, 15) is 5.11 Å². The summed E-state index contributed by atoms with van der Waals surface area (Å²) in [5.74, 6) is 0.273. The van der Waals surface area contributed by atoms with Gasteiger partial charge in [-0.25, -0.2) is 19.0 Å². The van der Waals surface area contributed by atoms with Gasteiger partial charge in [0, 0.05) is 36.7 Å². The topological polar surface area (TPSA) is 102 Å². The van der Waals surface area contributed by atoms with Crippen molar-refractivity contribution in [3.8, 4) is 5.75 Å². The van der Waals surface area contributed by atoms with Crippen molar-refractivity contribution in [3.63, 3.8) is 0 Å². The minimum absolute atomic E-state index is 0.0361. The van der Waals surface area contributed by atoms with Gasteiger partial charge in [0.05, 0.1) is 35.4 Å². The molecule has 1 saturated heterocycles. The molecule has 3 aromatic rings. The Hall–Kier alpha value is -2.49. The fraction of sp³-hybridized carbons (Fsp3) is 0.476. The molecule has 166 valence electrons. The van der Waals surface area contributed by atoms with Crippen molar-refractivity contribution in [1.29, 1.82) is 0 Å². The SMILES string of the molecule is COc1c(C(C)n2nc(C)c3c(N)ncnc32)cc(Cl)c(F)c1C1CN(CC(C)O)C1. The van der Waals surface area contributed by atoms with Gasteiger partial charge < -0.3 is 15.6 Å². The molecule has 0 radical (unpaired) electrons. The summed E-state index contributed by atoms with van der Waals surface area (Å²) in [5, 5.41) is 14.9. The summed E-state index contributed by atoms with van der Waals surface area (Å²) in [4.78, 5) is 10.5. The van der Waals surface area contributed by atoms with Crippen molar-refractivity contribution in [3.05, 3.63) is 40.1 Å². The van der Waals surface area contributed by atoms with E-state index in [-0.39, 0.29) is 17.0 Å². The number of aryl methyl sites for hydroxylation is 1. The largest absolute Gasteiger partial charge is 0.496 e. The lowest BCUT2D eigenvalue weighted by Crippen LogP contribution is -2.48. The number of anilines is 1. The molecule has 0 amide bonds. The molecular formula is C21H26ClFN6O2. The van der Waals surface area contributed by atoms with Crippen LogP contribution < -0.4 is 10.5 Å². The molecule has 0 saturated carbocycles. The molecule has 3 heterocycles. The Kier molecular flexibility index (Phi) is 5.76. The minimum Gasteiger partial charge on any atom is -0.496 e. The lowest BCUT2D eigenvalue weighted by Gasteiger charge is -2.41. The summed E-state index contributed by atoms with van der Waals surface area (Å²) in [6.07, 6.45) is 0.960. The van der Waals surface area contributed by atoms with Crippen LogP contribution in [0.1, 0.15) is 42.6 Å². The number of nitrogen functional groups attached to an aromatic ring is 1. The highest BCUT2D eigenvalue weighted by molar-refractivity contribution is 6.31.